The molecule has 3 aromatic carbocycles. The molecule has 44 heavy (non-hydrogen) atoms. The summed E-state index contributed by atoms with van der Waals surface area (Å²) in [6.07, 6.45) is 1.84. The lowest BCUT2D eigenvalue weighted by Gasteiger charge is -2.38. The monoisotopic (exact) mass is 622 g/mol. The molecule has 3 rings (SSSR count). The number of ether oxygens (including phenoxy) is 2. The number of aromatic hydroxyl groups is 1. The van der Waals surface area contributed by atoms with Crippen molar-refractivity contribution in [3.05, 3.63) is 88.5 Å². The van der Waals surface area contributed by atoms with Gasteiger partial charge in [0.25, 0.3) is 0 Å². The minimum absolute atomic E-state index is 0.0555. The molecule has 8 nitrogen and oxygen atoms in total. The zero-order chi connectivity index (χ0) is 32.5. The number of carbonyl (C=O) groups excluding carboxylic acids is 1. The normalized spacial score (nSPS) is 13.3. The number of amides is 1. The largest absolute Gasteiger partial charge is 0.508 e. The average molecular weight is 623 g/mol. The van der Waals surface area contributed by atoms with Crippen molar-refractivity contribution in [2.75, 3.05) is 20.8 Å². The summed E-state index contributed by atoms with van der Waals surface area (Å²) >= 11 is 0. The van der Waals surface area contributed by atoms with Crippen LogP contribution in [0.2, 0.25) is 18.1 Å². The number of hydrogen-bond donors (Lipinski definition) is 5. The molecule has 0 heterocycles. The Labute approximate surface area is 263 Å². The molecule has 5 N–H and O–H groups in total. The third kappa shape index (κ3) is 9.82. The summed E-state index contributed by atoms with van der Waals surface area (Å²) in [5, 5.41) is 26.3. The van der Waals surface area contributed by atoms with Gasteiger partial charge in [0.1, 0.15) is 5.75 Å². The molecule has 0 bridgehead atoms. The predicted molar refractivity (Wildman–Crippen MR) is 178 cm³/mol. The molecule has 0 saturated heterocycles. The first-order valence-electron chi connectivity index (χ1n) is 15.2. The van der Waals surface area contributed by atoms with Gasteiger partial charge >= 0.3 is 0 Å². The van der Waals surface area contributed by atoms with E-state index >= 15 is 0 Å². The Morgan fingerprint density at radius 3 is 2.32 bits per heavy atom. The molecule has 0 radical (unpaired) electrons. The zero-order valence-electron chi connectivity index (χ0n) is 27.2. The van der Waals surface area contributed by atoms with E-state index in [1.54, 1.807) is 20.3 Å². The standard InChI is InChI=1S/C35H50N2O6Si/c1-24(36-22-30(20-35(2,3)44(6,7)41)28-12-13-31(39)29(19-28)23-38)15-25-9-8-10-26(16-25)18-34(40)37-21-27-11-14-32(42-4)33(17-27)43-5/h8-14,16-17,19,24,30,36,38-39,41H,15,18,20-23H2,1-7H3,(H,37,40)/t24-,30+/m1/s1. The van der Waals surface area contributed by atoms with Crippen LogP contribution in [0.25, 0.3) is 0 Å². The number of rotatable bonds is 16. The van der Waals surface area contributed by atoms with Crippen LogP contribution in [-0.4, -0.2) is 56.0 Å². The van der Waals surface area contributed by atoms with Gasteiger partial charge in [0, 0.05) is 24.7 Å². The quantitative estimate of drug-likeness (QED) is 0.135. The van der Waals surface area contributed by atoms with Crippen molar-refractivity contribution in [2.45, 2.75) is 83.3 Å². The number of aliphatic hydroxyl groups excluding tert-OH is 1. The van der Waals surface area contributed by atoms with Gasteiger partial charge in [-0.15, -0.1) is 0 Å². The third-order valence-electron chi connectivity index (χ3n) is 8.71. The van der Waals surface area contributed by atoms with Crippen LogP contribution in [0.3, 0.4) is 0 Å². The molecule has 0 aliphatic rings. The van der Waals surface area contributed by atoms with Crippen molar-refractivity contribution in [2.24, 2.45) is 0 Å². The van der Waals surface area contributed by atoms with Gasteiger partial charge in [0.2, 0.25) is 5.91 Å². The Morgan fingerprint density at radius 2 is 1.66 bits per heavy atom. The molecular formula is C35H50N2O6Si. The summed E-state index contributed by atoms with van der Waals surface area (Å²) < 4.78 is 10.6. The number of benzene rings is 3. The molecule has 240 valence electrons. The molecule has 9 heteroatoms. The zero-order valence-corrected chi connectivity index (χ0v) is 28.2. The van der Waals surface area contributed by atoms with Gasteiger partial charge in [-0.1, -0.05) is 50.2 Å². The van der Waals surface area contributed by atoms with Crippen LogP contribution in [0, 0.1) is 0 Å². The fourth-order valence-electron chi connectivity index (χ4n) is 5.23. The molecule has 0 unspecified atom stereocenters. The second kappa shape index (κ2) is 15.6. The minimum Gasteiger partial charge on any atom is -0.508 e. The smallest absolute Gasteiger partial charge is 0.224 e. The lowest BCUT2D eigenvalue weighted by atomic mass is 9.88. The highest BCUT2D eigenvalue weighted by Crippen LogP contribution is 2.44. The first kappa shape index (κ1) is 35.1. The van der Waals surface area contributed by atoms with Crippen LogP contribution in [-0.2, 0) is 30.8 Å². The molecule has 0 aromatic heterocycles. The SMILES string of the molecule is COc1ccc(CNC(=O)Cc2cccc(C[C@@H](C)NC[C@H](CC(C)(C)[Si](C)(C)O)c3ccc(O)c(CO)c3)c2)cc1OC. The van der Waals surface area contributed by atoms with Gasteiger partial charge in [-0.3, -0.25) is 4.79 Å². The average Bonchev–Trinajstić information content (AvgIpc) is 2.97. The Bertz CT molecular complexity index is 1390. The lowest BCUT2D eigenvalue weighted by Crippen LogP contribution is -2.41. The van der Waals surface area contributed by atoms with E-state index in [0.29, 0.717) is 30.2 Å². The highest BCUT2D eigenvalue weighted by molar-refractivity contribution is 6.72. The van der Waals surface area contributed by atoms with Crippen molar-refractivity contribution in [1.29, 1.82) is 0 Å². The maximum atomic E-state index is 12.7. The van der Waals surface area contributed by atoms with E-state index in [2.05, 4.69) is 43.5 Å². The van der Waals surface area contributed by atoms with Crippen LogP contribution in [0.15, 0.2) is 60.7 Å². The Morgan fingerprint density at radius 1 is 0.955 bits per heavy atom. The second-order valence-corrected chi connectivity index (χ2v) is 17.3. The van der Waals surface area contributed by atoms with Crippen LogP contribution in [0.1, 0.15) is 60.9 Å². The summed E-state index contributed by atoms with van der Waals surface area (Å²) in [6.45, 7) is 11.2. The van der Waals surface area contributed by atoms with Gasteiger partial charge in [0.15, 0.2) is 19.8 Å². The highest BCUT2D eigenvalue weighted by Gasteiger charge is 2.40. The molecule has 0 saturated carbocycles. The van der Waals surface area contributed by atoms with Crippen molar-refractivity contribution in [3.63, 3.8) is 0 Å². The maximum Gasteiger partial charge on any atom is 0.224 e. The molecule has 0 aliphatic carbocycles. The number of nitrogens with one attached hydrogen (secondary N) is 2. The maximum absolute atomic E-state index is 12.7. The summed E-state index contributed by atoms with van der Waals surface area (Å²) in [4.78, 5) is 23.7. The van der Waals surface area contributed by atoms with E-state index in [9.17, 15) is 19.8 Å². The molecule has 0 spiro atoms. The van der Waals surface area contributed by atoms with Gasteiger partial charge in [0.05, 0.1) is 27.2 Å². The fourth-order valence-corrected chi connectivity index (χ4v) is 5.98. The van der Waals surface area contributed by atoms with E-state index in [0.717, 1.165) is 35.1 Å². The molecular weight excluding hydrogens is 572 g/mol. The Balaban J connectivity index is 1.61. The number of aliphatic hydroxyl groups is 1. The van der Waals surface area contributed by atoms with E-state index in [-0.39, 0.29) is 41.7 Å². The van der Waals surface area contributed by atoms with Gasteiger partial charge in [-0.25, -0.2) is 0 Å². The fraction of sp³-hybridized carbons (Fsp3) is 0.457. The van der Waals surface area contributed by atoms with Crippen LogP contribution < -0.4 is 20.1 Å². The van der Waals surface area contributed by atoms with Crippen LogP contribution >= 0.6 is 0 Å². The summed E-state index contributed by atoms with van der Waals surface area (Å²) in [5.74, 6) is 1.39. The highest BCUT2D eigenvalue weighted by atomic mass is 28.4. The second-order valence-electron chi connectivity index (χ2n) is 12.9. The van der Waals surface area contributed by atoms with Crippen molar-refractivity contribution >= 4 is 14.2 Å². The minimum atomic E-state index is -2.45. The van der Waals surface area contributed by atoms with Gasteiger partial charge in [-0.2, -0.15) is 0 Å². The van der Waals surface area contributed by atoms with E-state index in [1.807, 2.05) is 55.6 Å². The summed E-state index contributed by atoms with van der Waals surface area (Å²) in [6, 6.07) is 19.3. The molecule has 0 aliphatic heterocycles. The third-order valence-corrected chi connectivity index (χ3v) is 12.2. The lowest BCUT2D eigenvalue weighted by molar-refractivity contribution is -0.120. The van der Waals surface area contributed by atoms with Crippen molar-refractivity contribution < 1.29 is 29.3 Å². The van der Waals surface area contributed by atoms with E-state index < -0.39 is 8.32 Å². The number of phenols is 1. The molecule has 0 fully saturated rings. The van der Waals surface area contributed by atoms with Gasteiger partial charge < -0.3 is 35.1 Å². The number of carbonyl (C=O) groups is 1. The topological polar surface area (TPSA) is 120 Å². The molecule has 2 atom stereocenters. The van der Waals surface area contributed by atoms with E-state index in [1.165, 1.54) is 0 Å². The van der Waals surface area contributed by atoms with E-state index in [4.69, 9.17) is 9.47 Å². The summed E-state index contributed by atoms with van der Waals surface area (Å²) in [7, 11) is 0.726. The molecule has 3 aromatic rings. The van der Waals surface area contributed by atoms with Crippen LogP contribution in [0.5, 0.6) is 17.2 Å². The number of methoxy groups -OCH3 is 2. The molecule has 1 amide bonds. The van der Waals surface area contributed by atoms with Crippen molar-refractivity contribution in [1.82, 2.24) is 10.6 Å². The first-order chi connectivity index (χ1) is 20.8. The van der Waals surface area contributed by atoms with Gasteiger partial charge in [-0.05, 0) is 90.3 Å². The number of hydrogen-bond acceptors (Lipinski definition) is 7. The Hall–Kier alpha value is -3.37. The van der Waals surface area contributed by atoms with Crippen molar-refractivity contribution in [3.8, 4) is 17.2 Å². The summed E-state index contributed by atoms with van der Waals surface area (Å²) in [5.41, 5.74) is 4.55. The Kier molecular flexibility index (Phi) is 12.4. The first-order valence-corrected chi connectivity index (χ1v) is 18.1. The predicted octanol–water partition coefficient (Wildman–Crippen LogP) is 5.43. The van der Waals surface area contributed by atoms with Crippen LogP contribution in [0.4, 0.5) is 0 Å².